The van der Waals surface area contributed by atoms with Crippen LogP contribution in [0.2, 0.25) is 5.02 Å². The van der Waals surface area contributed by atoms with E-state index in [0.29, 0.717) is 24.2 Å². The van der Waals surface area contributed by atoms with E-state index in [9.17, 15) is 14.0 Å². The Kier molecular flexibility index (Phi) is 10.2. The second-order valence-corrected chi connectivity index (χ2v) is 9.23. The van der Waals surface area contributed by atoms with Crippen LogP contribution in [0.3, 0.4) is 0 Å². The fraction of sp³-hybridized carbons (Fsp3) is 0.429. The van der Waals surface area contributed by atoms with Crippen molar-refractivity contribution in [1.82, 2.24) is 5.32 Å². The number of carbonyl (C=O) groups excluding carboxylic acids is 2. The summed E-state index contributed by atoms with van der Waals surface area (Å²) < 4.78 is 24.3. The molecular weight excluding hydrogens is 469 g/mol. The fourth-order valence-electron chi connectivity index (χ4n) is 4.34. The van der Waals surface area contributed by atoms with Gasteiger partial charge < -0.3 is 14.8 Å². The van der Waals surface area contributed by atoms with E-state index in [2.05, 4.69) is 12.2 Å². The quantitative estimate of drug-likeness (QED) is 0.206. The highest BCUT2D eigenvalue weighted by molar-refractivity contribution is 6.31. The first-order chi connectivity index (χ1) is 16.9. The van der Waals surface area contributed by atoms with Crippen molar-refractivity contribution in [3.05, 3.63) is 76.6 Å². The molecule has 0 bridgehead atoms. The molecule has 0 spiro atoms. The van der Waals surface area contributed by atoms with Gasteiger partial charge in [-0.2, -0.15) is 0 Å². The topological polar surface area (TPSA) is 64.6 Å². The number of carbonyl (C=O) groups is 2. The van der Waals surface area contributed by atoms with Gasteiger partial charge in [-0.25, -0.2) is 4.39 Å². The van der Waals surface area contributed by atoms with E-state index < -0.39 is 17.7 Å². The largest absolute Gasteiger partial charge is 0.494 e. The monoisotopic (exact) mass is 501 g/mol. The molecule has 0 unspecified atom stereocenters. The van der Waals surface area contributed by atoms with Crippen molar-refractivity contribution >= 4 is 23.5 Å². The third kappa shape index (κ3) is 7.56. The minimum Gasteiger partial charge on any atom is -0.494 e. The number of esters is 1. The van der Waals surface area contributed by atoms with E-state index in [1.54, 1.807) is 24.3 Å². The predicted molar refractivity (Wildman–Crippen MR) is 135 cm³/mol. The lowest BCUT2D eigenvalue weighted by Crippen LogP contribution is -2.33. The van der Waals surface area contributed by atoms with Crippen molar-refractivity contribution in [1.29, 1.82) is 0 Å². The molecule has 1 aliphatic carbocycles. The maximum absolute atomic E-state index is 13.5. The van der Waals surface area contributed by atoms with Gasteiger partial charge in [0.15, 0.2) is 0 Å². The molecule has 35 heavy (non-hydrogen) atoms. The van der Waals surface area contributed by atoms with E-state index in [0.717, 1.165) is 18.6 Å². The average Bonchev–Trinajstić information content (AvgIpc) is 3.30. The standard InChI is InChI=1S/C28H33ClFNO4/c1-3-4-5-6-7-16-35-23-13-9-19(10-14-23)27(32)31-22-12-8-20(17-22)26(28(33)34-2)24-15-11-21(30)18-25(24)29/h8-15,18,20,22,26H,3-7,16-17H2,1-2H3,(H,31,32)/t20-,22+,26-/m0/s1. The van der Waals surface area contributed by atoms with E-state index in [1.165, 1.54) is 44.6 Å². The molecule has 3 atom stereocenters. The lowest BCUT2D eigenvalue weighted by Gasteiger charge is -2.23. The molecule has 2 aromatic rings. The first-order valence-corrected chi connectivity index (χ1v) is 12.6. The van der Waals surface area contributed by atoms with Crippen LogP contribution in [-0.4, -0.2) is 31.6 Å². The molecule has 1 N–H and O–H groups in total. The highest BCUT2D eigenvalue weighted by atomic mass is 35.5. The Morgan fingerprint density at radius 2 is 1.83 bits per heavy atom. The molecule has 0 saturated heterocycles. The molecule has 0 radical (unpaired) electrons. The SMILES string of the molecule is CCCCCCCOc1ccc(C(=O)N[C@@H]2C=C[C@H]([C@H](C(=O)OC)c3ccc(F)cc3Cl)C2)cc1. The number of halogens is 2. The lowest BCUT2D eigenvalue weighted by molar-refractivity contribution is -0.143. The molecule has 0 aliphatic heterocycles. The molecule has 0 aromatic heterocycles. The Morgan fingerprint density at radius 1 is 1.09 bits per heavy atom. The number of nitrogens with one attached hydrogen (secondary N) is 1. The summed E-state index contributed by atoms with van der Waals surface area (Å²) in [6.07, 6.45) is 10.1. The van der Waals surface area contributed by atoms with Gasteiger partial charge in [-0.1, -0.05) is 62.4 Å². The van der Waals surface area contributed by atoms with Gasteiger partial charge >= 0.3 is 5.97 Å². The first-order valence-electron chi connectivity index (χ1n) is 12.2. The summed E-state index contributed by atoms with van der Waals surface area (Å²) in [7, 11) is 1.31. The number of benzene rings is 2. The number of ether oxygens (including phenoxy) is 2. The number of methoxy groups -OCH3 is 1. The average molecular weight is 502 g/mol. The van der Waals surface area contributed by atoms with Crippen LogP contribution in [0.1, 0.15) is 67.3 Å². The van der Waals surface area contributed by atoms with Crippen LogP contribution in [0.25, 0.3) is 0 Å². The molecule has 0 fully saturated rings. The van der Waals surface area contributed by atoms with Crippen molar-refractivity contribution in [3.8, 4) is 5.75 Å². The minimum absolute atomic E-state index is 0.171. The van der Waals surface area contributed by atoms with Crippen molar-refractivity contribution < 1.29 is 23.5 Å². The van der Waals surface area contributed by atoms with Crippen LogP contribution in [-0.2, 0) is 9.53 Å². The number of unbranched alkanes of at least 4 members (excludes halogenated alkanes) is 4. The molecule has 1 amide bonds. The summed E-state index contributed by atoms with van der Waals surface area (Å²) in [5, 5.41) is 3.16. The summed E-state index contributed by atoms with van der Waals surface area (Å²) in [6, 6.07) is 10.8. The Labute approximate surface area is 211 Å². The van der Waals surface area contributed by atoms with Gasteiger partial charge in [0.1, 0.15) is 11.6 Å². The van der Waals surface area contributed by atoms with Crippen LogP contribution >= 0.6 is 11.6 Å². The number of hydrogen-bond acceptors (Lipinski definition) is 4. The highest BCUT2D eigenvalue weighted by Crippen LogP contribution is 2.37. The Hall–Kier alpha value is -2.86. The number of rotatable bonds is 12. The molecule has 5 nitrogen and oxygen atoms in total. The second-order valence-electron chi connectivity index (χ2n) is 8.82. The zero-order valence-corrected chi connectivity index (χ0v) is 21.0. The number of hydrogen-bond donors (Lipinski definition) is 1. The maximum atomic E-state index is 13.5. The number of allylic oxidation sites excluding steroid dienone is 1. The van der Waals surface area contributed by atoms with Gasteiger partial charge in [0.05, 0.1) is 19.6 Å². The van der Waals surface area contributed by atoms with Gasteiger partial charge in [-0.05, 0) is 60.7 Å². The summed E-state index contributed by atoms with van der Waals surface area (Å²) >= 11 is 6.23. The normalized spacial score (nSPS) is 17.7. The van der Waals surface area contributed by atoms with Crippen LogP contribution in [0.4, 0.5) is 4.39 Å². The van der Waals surface area contributed by atoms with E-state index >= 15 is 0 Å². The Bertz CT molecular complexity index is 1020. The lowest BCUT2D eigenvalue weighted by atomic mass is 9.85. The van der Waals surface area contributed by atoms with Gasteiger partial charge in [-0.3, -0.25) is 9.59 Å². The number of amides is 1. The van der Waals surface area contributed by atoms with Crippen molar-refractivity contribution in [2.45, 2.75) is 57.4 Å². The van der Waals surface area contributed by atoms with E-state index in [-0.39, 0.29) is 22.9 Å². The minimum atomic E-state index is -0.690. The molecule has 3 rings (SSSR count). The van der Waals surface area contributed by atoms with Crippen LogP contribution < -0.4 is 10.1 Å². The molecular formula is C28H33ClFNO4. The fourth-order valence-corrected chi connectivity index (χ4v) is 4.63. The molecule has 188 valence electrons. The second kappa shape index (κ2) is 13.3. The molecule has 2 aromatic carbocycles. The smallest absolute Gasteiger partial charge is 0.313 e. The summed E-state index contributed by atoms with van der Waals surface area (Å²) in [6.45, 7) is 2.86. The Morgan fingerprint density at radius 3 is 2.51 bits per heavy atom. The van der Waals surface area contributed by atoms with Crippen molar-refractivity contribution in [3.63, 3.8) is 0 Å². The third-order valence-corrected chi connectivity index (χ3v) is 6.57. The van der Waals surface area contributed by atoms with Crippen LogP contribution in [0, 0.1) is 11.7 Å². The zero-order chi connectivity index (χ0) is 25.2. The van der Waals surface area contributed by atoms with Gasteiger partial charge in [0, 0.05) is 16.6 Å². The zero-order valence-electron chi connectivity index (χ0n) is 20.3. The van der Waals surface area contributed by atoms with Gasteiger partial charge in [0.25, 0.3) is 5.91 Å². The summed E-state index contributed by atoms with van der Waals surface area (Å²) in [5.41, 5.74) is 1.03. The predicted octanol–water partition coefficient (Wildman–Crippen LogP) is 6.46. The van der Waals surface area contributed by atoms with Crippen LogP contribution in [0.15, 0.2) is 54.6 Å². The summed E-state index contributed by atoms with van der Waals surface area (Å²) in [4.78, 5) is 25.3. The van der Waals surface area contributed by atoms with Crippen molar-refractivity contribution in [2.75, 3.05) is 13.7 Å². The van der Waals surface area contributed by atoms with Gasteiger partial charge in [-0.15, -0.1) is 0 Å². The third-order valence-electron chi connectivity index (χ3n) is 6.25. The van der Waals surface area contributed by atoms with E-state index in [4.69, 9.17) is 21.1 Å². The van der Waals surface area contributed by atoms with Crippen molar-refractivity contribution in [2.24, 2.45) is 5.92 Å². The molecule has 0 saturated carbocycles. The van der Waals surface area contributed by atoms with Crippen LogP contribution in [0.5, 0.6) is 5.75 Å². The molecule has 7 heteroatoms. The molecule has 0 heterocycles. The molecule has 1 aliphatic rings. The van der Waals surface area contributed by atoms with E-state index in [1.807, 2.05) is 12.2 Å². The maximum Gasteiger partial charge on any atom is 0.313 e. The Balaban J connectivity index is 1.54. The van der Waals surface area contributed by atoms with Gasteiger partial charge in [0.2, 0.25) is 0 Å². The first kappa shape index (κ1) is 26.7. The highest BCUT2D eigenvalue weighted by Gasteiger charge is 2.35. The summed E-state index contributed by atoms with van der Waals surface area (Å²) in [5.74, 6) is -1.33.